The summed E-state index contributed by atoms with van der Waals surface area (Å²) >= 11 is 5.86. The standard InChI is InChI=1S/C14H18ClN3O3/c1-16-7-3-4-11(16)9-17(2)14(19)12-8-10(15)5-6-13(12)18(20)21/h5-6,8,11H,3-4,7,9H2,1-2H3. The Kier molecular flexibility index (Phi) is 4.80. The van der Waals surface area contributed by atoms with Gasteiger partial charge in [-0.1, -0.05) is 11.6 Å². The number of nitro benzene ring substituents is 1. The van der Waals surface area contributed by atoms with Gasteiger partial charge in [-0.3, -0.25) is 14.9 Å². The van der Waals surface area contributed by atoms with Crippen LogP contribution >= 0.6 is 11.6 Å². The minimum atomic E-state index is -0.556. The fourth-order valence-electron chi connectivity index (χ4n) is 2.65. The first kappa shape index (κ1) is 15.7. The number of halogens is 1. The first-order valence-corrected chi connectivity index (χ1v) is 7.17. The van der Waals surface area contributed by atoms with E-state index in [4.69, 9.17) is 11.6 Å². The van der Waals surface area contributed by atoms with Crippen molar-refractivity contribution in [2.75, 3.05) is 27.2 Å². The van der Waals surface area contributed by atoms with Crippen molar-refractivity contribution in [3.8, 4) is 0 Å². The van der Waals surface area contributed by atoms with Crippen LogP contribution in [-0.2, 0) is 0 Å². The fraction of sp³-hybridized carbons (Fsp3) is 0.500. The van der Waals surface area contributed by atoms with E-state index in [1.54, 1.807) is 7.05 Å². The maximum absolute atomic E-state index is 12.5. The third-order valence-electron chi connectivity index (χ3n) is 3.89. The van der Waals surface area contributed by atoms with Crippen molar-refractivity contribution in [2.45, 2.75) is 18.9 Å². The van der Waals surface area contributed by atoms with Crippen LogP contribution in [0, 0.1) is 10.1 Å². The molecule has 6 nitrogen and oxygen atoms in total. The number of amides is 1. The zero-order valence-electron chi connectivity index (χ0n) is 12.1. The summed E-state index contributed by atoms with van der Waals surface area (Å²) in [4.78, 5) is 26.7. The Balaban J connectivity index is 2.19. The van der Waals surface area contributed by atoms with Crippen LogP contribution in [0.15, 0.2) is 18.2 Å². The van der Waals surface area contributed by atoms with Crippen LogP contribution in [0.1, 0.15) is 23.2 Å². The van der Waals surface area contributed by atoms with Crippen molar-refractivity contribution >= 4 is 23.2 Å². The molecule has 0 bridgehead atoms. The minimum absolute atomic E-state index is 0.0376. The Morgan fingerprint density at radius 2 is 2.29 bits per heavy atom. The number of carbonyl (C=O) groups excluding carboxylic acids is 1. The smallest absolute Gasteiger partial charge is 0.282 e. The molecule has 0 N–H and O–H groups in total. The number of benzene rings is 1. The zero-order valence-corrected chi connectivity index (χ0v) is 12.8. The number of hydrogen-bond donors (Lipinski definition) is 0. The average molecular weight is 312 g/mol. The SMILES string of the molecule is CN(CC1CCCN1C)C(=O)c1cc(Cl)ccc1[N+](=O)[O-]. The summed E-state index contributed by atoms with van der Waals surface area (Å²) in [5.74, 6) is -0.371. The molecule has 2 rings (SSSR count). The van der Waals surface area contributed by atoms with Gasteiger partial charge in [-0.15, -0.1) is 0 Å². The molecular weight excluding hydrogens is 294 g/mol. The predicted octanol–water partition coefficient (Wildman–Crippen LogP) is 2.41. The molecule has 1 saturated heterocycles. The quantitative estimate of drug-likeness (QED) is 0.632. The number of likely N-dealkylation sites (tertiary alicyclic amines) is 1. The lowest BCUT2D eigenvalue weighted by molar-refractivity contribution is -0.385. The number of nitro groups is 1. The molecule has 0 saturated carbocycles. The lowest BCUT2D eigenvalue weighted by atomic mass is 10.1. The van der Waals surface area contributed by atoms with E-state index in [9.17, 15) is 14.9 Å². The monoisotopic (exact) mass is 311 g/mol. The third-order valence-corrected chi connectivity index (χ3v) is 4.12. The molecule has 114 valence electrons. The van der Waals surface area contributed by atoms with Crippen molar-refractivity contribution < 1.29 is 9.72 Å². The number of likely N-dealkylation sites (N-methyl/N-ethyl adjacent to an activating group) is 2. The lowest BCUT2D eigenvalue weighted by Crippen LogP contribution is -2.39. The second-order valence-electron chi connectivity index (χ2n) is 5.38. The highest BCUT2D eigenvalue weighted by Crippen LogP contribution is 2.24. The summed E-state index contributed by atoms with van der Waals surface area (Å²) in [6.45, 7) is 1.57. The Hall–Kier alpha value is -1.66. The van der Waals surface area contributed by atoms with E-state index in [1.807, 2.05) is 7.05 Å². The van der Waals surface area contributed by atoms with Crippen molar-refractivity contribution in [3.05, 3.63) is 38.9 Å². The molecule has 0 spiro atoms. The first-order chi connectivity index (χ1) is 9.90. The van der Waals surface area contributed by atoms with Gasteiger partial charge in [-0.25, -0.2) is 0 Å². The van der Waals surface area contributed by atoms with Gasteiger partial charge in [0.15, 0.2) is 0 Å². The van der Waals surface area contributed by atoms with Gasteiger partial charge in [0.2, 0.25) is 0 Å². The van der Waals surface area contributed by atoms with E-state index < -0.39 is 4.92 Å². The summed E-state index contributed by atoms with van der Waals surface area (Å²) < 4.78 is 0. The second kappa shape index (κ2) is 6.41. The fourth-order valence-corrected chi connectivity index (χ4v) is 2.83. The van der Waals surface area contributed by atoms with Crippen LogP contribution in [0.3, 0.4) is 0 Å². The molecule has 1 aromatic rings. The summed E-state index contributed by atoms with van der Waals surface area (Å²) in [6.07, 6.45) is 2.15. The van der Waals surface area contributed by atoms with Gasteiger partial charge in [0.1, 0.15) is 5.56 Å². The molecule has 1 aromatic carbocycles. The molecule has 1 atom stereocenters. The van der Waals surface area contributed by atoms with Crippen LogP contribution in [-0.4, -0.2) is 53.9 Å². The third kappa shape index (κ3) is 3.51. The average Bonchev–Trinajstić information content (AvgIpc) is 2.83. The van der Waals surface area contributed by atoms with Crippen LogP contribution in [0.25, 0.3) is 0 Å². The van der Waals surface area contributed by atoms with Gasteiger partial charge in [-0.2, -0.15) is 0 Å². The Bertz CT molecular complexity index is 564. The highest BCUT2D eigenvalue weighted by molar-refractivity contribution is 6.31. The molecule has 21 heavy (non-hydrogen) atoms. The molecule has 1 aliphatic heterocycles. The lowest BCUT2D eigenvalue weighted by Gasteiger charge is -2.25. The number of nitrogens with zero attached hydrogens (tertiary/aromatic N) is 3. The Morgan fingerprint density at radius 3 is 2.86 bits per heavy atom. The van der Waals surface area contributed by atoms with Crippen molar-refractivity contribution in [2.24, 2.45) is 0 Å². The highest BCUT2D eigenvalue weighted by atomic mass is 35.5. The van der Waals surface area contributed by atoms with E-state index in [0.717, 1.165) is 19.4 Å². The summed E-state index contributed by atoms with van der Waals surface area (Å²) in [6, 6.07) is 4.35. The first-order valence-electron chi connectivity index (χ1n) is 6.80. The summed E-state index contributed by atoms with van der Waals surface area (Å²) in [5, 5.41) is 11.4. The normalized spacial score (nSPS) is 18.7. The molecule has 0 radical (unpaired) electrons. The van der Waals surface area contributed by atoms with Gasteiger partial charge < -0.3 is 9.80 Å². The minimum Gasteiger partial charge on any atom is -0.340 e. The van der Waals surface area contributed by atoms with Gasteiger partial charge >= 0.3 is 0 Å². The van der Waals surface area contributed by atoms with Crippen LogP contribution in [0.4, 0.5) is 5.69 Å². The predicted molar refractivity (Wildman–Crippen MR) is 80.7 cm³/mol. The maximum atomic E-state index is 12.5. The van der Waals surface area contributed by atoms with E-state index in [2.05, 4.69) is 4.90 Å². The second-order valence-corrected chi connectivity index (χ2v) is 5.82. The Labute approximate surface area is 128 Å². The summed E-state index contributed by atoms with van der Waals surface area (Å²) in [7, 11) is 3.69. The molecule has 0 aromatic heterocycles. The van der Waals surface area contributed by atoms with Crippen LogP contribution in [0.2, 0.25) is 5.02 Å². The van der Waals surface area contributed by atoms with Gasteiger partial charge in [0.05, 0.1) is 4.92 Å². The maximum Gasteiger partial charge on any atom is 0.282 e. The number of hydrogen-bond acceptors (Lipinski definition) is 4. The number of carbonyl (C=O) groups is 1. The molecule has 7 heteroatoms. The zero-order chi connectivity index (χ0) is 15.6. The van der Waals surface area contributed by atoms with Gasteiger partial charge in [0.25, 0.3) is 11.6 Å². The molecule has 1 heterocycles. The van der Waals surface area contributed by atoms with E-state index >= 15 is 0 Å². The van der Waals surface area contributed by atoms with Crippen molar-refractivity contribution in [3.63, 3.8) is 0 Å². The number of rotatable bonds is 4. The molecule has 0 aliphatic carbocycles. The van der Waals surface area contributed by atoms with Crippen molar-refractivity contribution in [1.82, 2.24) is 9.80 Å². The molecule has 1 unspecified atom stereocenters. The van der Waals surface area contributed by atoms with Crippen LogP contribution in [0.5, 0.6) is 0 Å². The highest BCUT2D eigenvalue weighted by Gasteiger charge is 2.27. The Morgan fingerprint density at radius 1 is 1.57 bits per heavy atom. The van der Waals surface area contributed by atoms with E-state index in [-0.39, 0.29) is 17.2 Å². The molecule has 1 fully saturated rings. The van der Waals surface area contributed by atoms with E-state index in [0.29, 0.717) is 17.6 Å². The van der Waals surface area contributed by atoms with E-state index in [1.165, 1.54) is 23.1 Å². The molecule has 1 aliphatic rings. The van der Waals surface area contributed by atoms with Gasteiger partial charge in [-0.05, 0) is 38.6 Å². The van der Waals surface area contributed by atoms with Gasteiger partial charge in [0, 0.05) is 30.7 Å². The van der Waals surface area contributed by atoms with Crippen LogP contribution < -0.4 is 0 Å². The largest absolute Gasteiger partial charge is 0.340 e. The molecular formula is C14H18ClN3O3. The summed E-state index contributed by atoms with van der Waals surface area (Å²) in [5.41, 5.74) is -0.174. The van der Waals surface area contributed by atoms with Crippen molar-refractivity contribution in [1.29, 1.82) is 0 Å². The topological polar surface area (TPSA) is 66.7 Å². The molecule has 1 amide bonds.